The molecule has 2 unspecified atom stereocenters. The van der Waals surface area contributed by atoms with E-state index in [9.17, 15) is 5.11 Å². The number of hydrogen-bond acceptors (Lipinski definition) is 3. The first-order valence-corrected chi connectivity index (χ1v) is 7.11. The minimum absolute atomic E-state index is 0.147. The Morgan fingerprint density at radius 3 is 2.52 bits per heavy atom. The lowest BCUT2D eigenvalue weighted by atomic mass is 9.88. The van der Waals surface area contributed by atoms with Crippen LogP contribution in [-0.2, 0) is 0 Å². The number of rotatable bonds is 4. The maximum Gasteiger partial charge on any atom is 0.134 e. The number of fused-ring (bicyclic) bond motifs is 1. The SMILES string of the molecule is Cc1ccc(C(CN)C(O)c2coc3ccccc23)cc1. The molecule has 1 aromatic heterocycles. The van der Waals surface area contributed by atoms with Crippen molar-refractivity contribution in [2.75, 3.05) is 6.54 Å². The first-order valence-electron chi connectivity index (χ1n) is 7.11. The molecule has 0 radical (unpaired) electrons. The summed E-state index contributed by atoms with van der Waals surface area (Å²) in [6.07, 6.45) is 0.952. The molecule has 0 aliphatic carbocycles. The smallest absolute Gasteiger partial charge is 0.134 e. The van der Waals surface area contributed by atoms with Crippen molar-refractivity contribution in [3.05, 3.63) is 71.5 Å². The number of furan rings is 1. The fourth-order valence-corrected chi connectivity index (χ4v) is 2.71. The normalized spacial score (nSPS) is 14.2. The third-order valence-electron chi connectivity index (χ3n) is 3.97. The van der Waals surface area contributed by atoms with Crippen molar-refractivity contribution in [3.8, 4) is 0 Å². The summed E-state index contributed by atoms with van der Waals surface area (Å²) in [6, 6.07) is 15.8. The molecular weight excluding hydrogens is 262 g/mol. The molecule has 0 aliphatic rings. The van der Waals surface area contributed by atoms with E-state index in [1.54, 1.807) is 6.26 Å². The van der Waals surface area contributed by atoms with E-state index >= 15 is 0 Å². The molecule has 108 valence electrons. The average molecular weight is 281 g/mol. The largest absolute Gasteiger partial charge is 0.464 e. The Balaban J connectivity index is 1.98. The molecule has 0 spiro atoms. The minimum Gasteiger partial charge on any atom is -0.464 e. The molecule has 0 fully saturated rings. The summed E-state index contributed by atoms with van der Waals surface area (Å²) in [6.45, 7) is 2.42. The van der Waals surface area contributed by atoms with Crippen LogP contribution in [0.1, 0.15) is 28.7 Å². The number of aliphatic hydroxyl groups is 1. The van der Waals surface area contributed by atoms with Gasteiger partial charge < -0.3 is 15.3 Å². The predicted octanol–water partition coefficient (Wildman–Crippen LogP) is 3.52. The van der Waals surface area contributed by atoms with Gasteiger partial charge in [0.25, 0.3) is 0 Å². The van der Waals surface area contributed by atoms with Crippen LogP contribution in [0.5, 0.6) is 0 Å². The van der Waals surface area contributed by atoms with Gasteiger partial charge in [-0.15, -0.1) is 0 Å². The number of aliphatic hydroxyl groups excluding tert-OH is 1. The maximum atomic E-state index is 10.7. The Hall–Kier alpha value is -2.10. The van der Waals surface area contributed by atoms with Gasteiger partial charge in [-0.2, -0.15) is 0 Å². The van der Waals surface area contributed by atoms with Gasteiger partial charge in [0.1, 0.15) is 5.58 Å². The first kappa shape index (κ1) is 13.9. The molecule has 3 N–H and O–H groups in total. The van der Waals surface area contributed by atoms with Gasteiger partial charge in [-0.1, -0.05) is 48.0 Å². The highest BCUT2D eigenvalue weighted by atomic mass is 16.3. The van der Waals surface area contributed by atoms with Crippen LogP contribution < -0.4 is 5.73 Å². The van der Waals surface area contributed by atoms with Crippen molar-refractivity contribution in [2.24, 2.45) is 5.73 Å². The van der Waals surface area contributed by atoms with Gasteiger partial charge in [-0.25, -0.2) is 0 Å². The van der Waals surface area contributed by atoms with E-state index in [0.29, 0.717) is 6.54 Å². The van der Waals surface area contributed by atoms with Gasteiger partial charge in [-0.3, -0.25) is 0 Å². The molecular formula is C18H19NO2. The van der Waals surface area contributed by atoms with Crippen molar-refractivity contribution in [1.29, 1.82) is 0 Å². The Kier molecular flexibility index (Phi) is 3.78. The van der Waals surface area contributed by atoms with E-state index in [1.165, 1.54) is 5.56 Å². The Bertz CT molecular complexity index is 730. The van der Waals surface area contributed by atoms with Crippen molar-refractivity contribution < 1.29 is 9.52 Å². The van der Waals surface area contributed by atoms with E-state index < -0.39 is 6.10 Å². The van der Waals surface area contributed by atoms with Crippen LogP contribution in [0.15, 0.2) is 59.2 Å². The number of benzene rings is 2. The van der Waals surface area contributed by atoms with Gasteiger partial charge in [0.2, 0.25) is 0 Å². The van der Waals surface area contributed by atoms with Gasteiger partial charge >= 0.3 is 0 Å². The van der Waals surface area contributed by atoms with Crippen LogP contribution in [0, 0.1) is 6.92 Å². The highest BCUT2D eigenvalue weighted by Crippen LogP contribution is 2.35. The topological polar surface area (TPSA) is 59.4 Å². The number of para-hydroxylation sites is 1. The van der Waals surface area contributed by atoms with E-state index in [0.717, 1.165) is 22.1 Å². The summed E-state index contributed by atoms with van der Waals surface area (Å²) in [7, 11) is 0. The lowest BCUT2D eigenvalue weighted by Crippen LogP contribution is -2.20. The zero-order valence-electron chi connectivity index (χ0n) is 12.0. The Morgan fingerprint density at radius 2 is 1.81 bits per heavy atom. The average Bonchev–Trinajstić information content (AvgIpc) is 2.94. The van der Waals surface area contributed by atoms with Gasteiger partial charge in [0.15, 0.2) is 0 Å². The molecule has 3 aromatic rings. The fraction of sp³-hybridized carbons (Fsp3) is 0.222. The molecule has 2 aromatic carbocycles. The number of nitrogens with two attached hydrogens (primary N) is 1. The molecule has 0 bridgehead atoms. The van der Waals surface area contributed by atoms with Gasteiger partial charge in [-0.05, 0) is 18.6 Å². The van der Waals surface area contributed by atoms with Crippen LogP contribution in [0.3, 0.4) is 0 Å². The molecule has 0 saturated heterocycles. The molecule has 0 amide bonds. The summed E-state index contributed by atoms with van der Waals surface area (Å²) < 4.78 is 5.52. The zero-order chi connectivity index (χ0) is 14.8. The zero-order valence-corrected chi connectivity index (χ0v) is 12.0. The third kappa shape index (κ3) is 2.58. The highest BCUT2D eigenvalue weighted by molar-refractivity contribution is 5.81. The molecule has 3 heteroatoms. The van der Waals surface area contributed by atoms with Crippen LogP contribution in [0.4, 0.5) is 0 Å². The second-order valence-electron chi connectivity index (χ2n) is 5.38. The fourth-order valence-electron chi connectivity index (χ4n) is 2.71. The van der Waals surface area contributed by atoms with Crippen LogP contribution >= 0.6 is 0 Å². The quantitative estimate of drug-likeness (QED) is 0.769. The van der Waals surface area contributed by atoms with E-state index in [1.807, 2.05) is 55.5 Å². The molecule has 0 aliphatic heterocycles. The predicted molar refractivity (Wildman–Crippen MR) is 84.1 cm³/mol. The summed E-state index contributed by atoms with van der Waals surface area (Å²) in [5.41, 5.74) is 9.71. The molecule has 0 saturated carbocycles. The lowest BCUT2D eigenvalue weighted by molar-refractivity contribution is 0.148. The lowest BCUT2D eigenvalue weighted by Gasteiger charge is -2.21. The Morgan fingerprint density at radius 1 is 1.10 bits per heavy atom. The second-order valence-corrected chi connectivity index (χ2v) is 5.38. The number of hydrogen-bond donors (Lipinski definition) is 2. The number of aryl methyl sites for hydroxylation is 1. The minimum atomic E-state index is -0.679. The maximum absolute atomic E-state index is 10.7. The monoisotopic (exact) mass is 281 g/mol. The van der Waals surface area contributed by atoms with Crippen molar-refractivity contribution in [2.45, 2.75) is 18.9 Å². The van der Waals surface area contributed by atoms with Crippen molar-refractivity contribution in [1.82, 2.24) is 0 Å². The summed E-state index contributed by atoms with van der Waals surface area (Å²) in [5, 5.41) is 11.7. The van der Waals surface area contributed by atoms with Crippen LogP contribution in [0.25, 0.3) is 11.0 Å². The van der Waals surface area contributed by atoms with E-state index in [-0.39, 0.29) is 5.92 Å². The highest BCUT2D eigenvalue weighted by Gasteiger charge is 2.24. The molecule has 2 atom stereocenters. The van der Waals surface area contributed by atoms with Gasteiger partial charge in [0, 0.05) is 23.4 Å². The molecule has 3 nitrogen and oxygen atoms in total. The van der Waals surface area contributed by atoms with E-state index in [2.05, 4.69) is 0 Å². The van der Waals surface area contributed by atoms with E-state index in [4.69, 9.17) is 10.2 Å². The first-order chi connectivity index (χ1) is 10.2. The second kappa shape index (κ2) is 5.72. The van der Waals surface area contributed by atoms with Crippen molar-refractivity contribution in [3.63, 3.8) is 0 Å². The summed E-state index contributed by atoms with van der Waals surface area (Å²) in [5.74, 6) is -0.147. The van der Waals surface area contributed by atoms with Crippen LogP contribution in [-0.4, -0.2) is 11.7 Å². The molecule has 3 rings (SSSR count). The molecule has 21 heavy (non-hydrogen) atoms. The van der Waals surface area contributed by atoms with Crippen LogP contribution in [0.2, 0.25) is 0 Å². The van der Waals surface area contributed by atoms with Crippen molar-refractivity contribution >= 4 is 11.0 Å². The summed E-state index contributed by atoms with van der Waals surface area (Å²) in [4.78, 5) is 0. The molecule has 1 heterocycles. The standard InChI is InChI=1S/C18H19NO2/c1-12-6-8-13(9-7-12)15(10-19)18(20)16-11-21-17-5-3-2-4-14(16)17/h2-9,11,15,18,20H,10,19H2,1H3. The summed E-state index contributed by atoms with van der Waals surface area (Å²) >= 11 is 0. The van der Waals surface area contributed by atoms with Gasteiger partial charge in [0.05, 0.1) is 12.4 Å². The third-order valence-corrected chi connectivity index (χ3v) is 3.97. The Labute approximate surface area is 124 Å².